The number of hydrogen-bond donors (Lipinski definition) is 3. The molecule has 0 bridgehead atoms. The SMILES string of the molecule is C=CC1NC(=O)NC1CCCCCC(=O)O. The first-order chi connectivity index (χ1) is 7.63. The average Bonchev–Trinajstić information content (AvgIpc) is 2.58. The summed E-state index contributed by atoms with van der Waals surface area (Å²) in [6, 6.07) is -0.0674. The van der Waals surface area contributed by atoms with E-state index in [1.165, 1.54) is 0 Å². The highest BCUT2D eigenvalue weighted by molar-refractivity contribution is 5.77. The monoisotopic (exact) mass is 226 g/mol. The molecule has 3 N–H and O–H groups in total. The molecule has 0 aromatic carbocycles. The van der Waals surface area contributed by atoms with Crippen LogP contribution in [0, 0.1) is 0 Å². The van der Waals surface area contributed by atoms with Crippen molar-refractivity contribution in [2.75, 3.05) is 0 Å². The van der Waals surface area contributed by atoms with Crippen LogP contribution in [0.1, 0.15) is 32.1 Å². The Morgan fingerprint density at radius 1 is 1.38 bits per heavy atom. The maximum Gasteiger partial charge on any atom is 0.315 e. The predicted octanol–water partition coefficient (Wildman–Crippen LogP) is 1.26. The first-order valence-corrected chi connectivity index (χ1v) is 5.55. The number of carbonyl (C=O) groups is 2. The normalized spacial score (nSPS) is 23.6. The molecular weight excluding hydrogens is 208 g/mol. The van der Waals surface area contributed by atoms with E-state index in [0.29, 0.717) is 6.42 Å². The average molecular weight is 226 g/mol. The first-order valence-electron chi connectivity index (χ1n) is 5.55. The zero-order chi connectivity index (χ0) is 12.0. The predicted molar refractivity (Wildman–Crippen MR) is 60.2 cm³/mol. The van der Waals surface area contributed by atoms with Crippen molar-refractivity contribution in [2.45, 2.75) is 44.2 Å². The van der Waals surface area contributed by atoms with Gasteiger partial charge >= 0.3 is 12.0 Å². The van der Waals surface area contributed by atoms with Crippen LogP contribution in [0.5, 0.6) is 0 Å². The Morgan fingerprint density at radius 2 is 2.12 bits per heavy atom. The molecule has 1 fully saturated rings. The molecule has 0 aromatic heterocycles. The summed E-state index contributed by atoms with van der Waals surface area (Å²) in [7, 11) is 0. The van der Waals surface area contributed by atoms with Gasteiger partial charge in [0.05, 0.1) is 12.1 Å². The Morgan fingerprint density at radius 3 is 2.75 bits per heavy atom. The summed E-state index contributed by atoms with van der Waals surface area (Å²) >= 11 is 0. The van der Waals surface area contributed by atoms with Gasteiger partial charge in [-0.3, -0.25) is 4.79 Å². The highest BCUT2D eigenvalue weighted by atomic mass is 16.4. The Bertz CT molecular complexity index is 278. The van der Waals surface area contributed by atoms with Gasteiger partial charge in [0, 0.05) is 6.42 Å². The molecule has 16 heavy (non-hydrogen) atoms. The van der Waals surface area contributed by atoms with E-state index in [2.05, 4.69) is 17.2 Å². The topological polar surface area (TPSA) is 78.4 Å². The van der Waals surface area contributed by atoms with Gasteiger partial charge < -0.3 is 15.7 Å². The highest BCUT2D eigenvalue weighted by Gasteiger charge is 2.28. The largest absolute Gasteiger partial charge is 0.481 e. The Kier molecular flexibility index (Phi) is 4.82. The number of nitrogens with one attached hydrogen (secondary N) is 2. The van der Waals surface area contributed by atoms with Crippen molar-refractivity contribution in [3.63, 3.8) is 0 Å². The van der Waals surface area contributed by atoms with Crippen LogP contribution in [0.25, 0.3) is 0 Å². The van der Waals surface area contributed by atoms with Gasteiger partial charge in [0.15, 0.2) is 0 Å². The van der Waals surface area contributed by atoms with Gasteiger partial charge in [-0.1, -0.05) is 18.9 Å². The number of unbranched alkanes of at least 4 members (excludes halogenated alkanes) is 2. The van der Waals surface area contributed by atoms with Gasteiger partial charge in [0.1, 0.15) is 0 Å². The molecule has 1 saturated heterocycles. The van der Waals surface area contributed by atoms with Crippen molar-refractivity contribution in [3.8, 4) is 0 Å². The maximum absolute atomic E-state index is 11.1. The van der Waals surface area contributed by atoms with Crippen molar-refractivity contribution in [1.82, 2.24) is 10.6 Å². The summed E-state index contributed by atoms with van der Waals surface area (Å²) in [4.78, 5) is 21.3. The molecular formula is C11H18N2O3. The van der Waals surface area contributed by atoms with Gasteiger partial charge in [-0.15, -0.1) is 6.58 Å². The molecule has 1 aliphatic heterocycles. The minimum atomic E-state index is -0.750. The van der Waals surface area contributed by atoms with E-state index in [-0.39, 0.29) is 24.5 Å². The molecule has 0 radical (unpaired) electrons. The van der Waals surface area contributed by atoms with E-state index in [9.17, 15) is 9.59 Å². The van der Waals surface area contributed by atoms with Crippen LogP contribution in [0.15, 0.2) is 12.7 Å². The molecule has 5 nitrogen and oxygen atoms in total. The summed E-state index contributed by atoms with van der Waals surface area (Å²) in [5.41, 5.74) is 0. The molecule has 2 amide bonds. The van der Waals surface area contributed by atoms with Gasteiger partial charge in [-0.2, -0.15) is 0 Å². The Hall–Kier alpha value is -1.52. The molecule has 0 saturated carbocycles. The standard InChI is InChI=1S/C11H18N2O3/c1-2-8-9(13-11(16)12-8)6-4-3-5-7-10(14)15/h2,8-9H,1,3-7H2,(H,14,15)(H2,12,13,16). The lowest BCUT2D eigenvalue weighted by Gasteiger charge is -2.14. The molecule has 0 aliphatic carbocycles. The number of urea groups is 1. The van der Waals surface area contributed by atoms with E-state index in [1.807, 2.05) is 0 Å². The molecule has 0 aromatic rings. The summed E-state index contributed by atoms with van der Waals surface area (Å²) in [6.07, 6.45) is 5.30. The van der Waals surface area contributed by atoms with Crippen molar-refractivity contribution in [3.05, 3.63) is 12.7 Å². The smallest absolute Gasteiger partial charge is 0.315 e. The van der Waals surface area contributed by atoms with E-state index in [0.717, 1.165) is 19.3 Å². The molecule has 5 heteroatoms. The number of carboxylic acids is 1. The molecule has 2 unspecified atom stereocenters. The lowest BCUT2D eigenvalue weighted by molar-refractivity contribution is -0.137. The third-order valence-electron chi connectivity index (χ3n) is 2.71. The maximum atomic E-state index is 11.1. The lowest BCUT2D eigenvalue weighted by Crippen LogP contribution is -2.31. The highest BCUT2D eigenvalue weighted by Crippen LogP contribution is 2.12. The molecule has 2 atom stereocenters. The van der Waals surface area contributed by atoms with Crippen molar-refractivity contribution < 1.29 is 14.7 Å². The van der Waals surface area contributed by atoms with Gasteiger partial charge in [0.2, 0.25) is 0 Å². The summed E-state index contributed by atoms with van der Waals surface area (Å²) < 4.78 is 0. The fourth-order valence-electron chi connectivity index (χ4n) is 1.84. The zero-order valence-electron chi connectivity index (χ0n) is 9.24. The van der Waals surface area contributed by atoms with Gasteiger partial charge in [-0.05, 0) is 12.8 Å². The summed E-state index contributed by atoms with van der Waals surface area (Å²) in [5.74, 6) is -0.750. The number of carboxylic acid groups (broad SMARTS) is 1. The minimum absolute atomic E-state index is 0.00743. The van der Waals surface area contributed by atoms with Crippen molar-refractivity contribution in [2.24, 2.45) is 0 Å². The van der Waals surface area contributed by atoms with E-state index >= 15 is 0 Å². The van der Waals surface area contributed by atoms with E-state index in [4.69, 9.17) is 5.11 Å². The molecule has 1 aliphatic rings. The van der Waals surface area contributed by atoms with Crippen LogP contribution in [-0.2, 0) is 4.79 Å². The Balaban J connectivity index is 2.14. The third kappa shape index (κ3) is 3.92. The number of amides is 2. The second kappa shape index (κ2) is 6.15. The minimum Gasteiger partial charge on any atom is -0.481 e. The van der Waals surface area contributed by atoms with Crippen LogP contribution in [-0.4, -0.2) is 29.2 Å². The molecule has 0 spiro atoms. The number of aliphatic carboxylic acids is 1. The fraction of sp³-hybridized carbons (Fsp3) is 0.636. The van der Waals surface area contributed by atoms with Crippen LogP contribution < -0.4 is 10.6 Å². The van der Waals surface area contributed by atoms with E-state index in [1.54, 1.807) is 6.08 Å². The van der Waals surface area contributed by atoms with Crippen molar-refractivity contribution in [1.29, 1.82) is 0 Å². The van der Waals surface area contributed by atoms with Crippen LogP contribution in [0.4, 0.5) is 4.79 Å². The summed E-state index contributed by atoms with van der Waals surface area (Å²) in [6.45, 7) is 3.66. The van der Waals surface area contributed by atoms with Gasteiger partial charge in [-0.25, -0.2) is 4.79 Å². The third-order valence-corrected chi connectivity index (χ3v) is 2.71. The number of hydrogen-bond acceptors (Lipinski definition) is 2. The Labute approximate surface area is 94.9 Å². The molecule has 1 heterocycles. The quantitative estimate of drug-likeness (QED) is 0.451. The van der Waals surface area contributed by atoms with Crippen LogP contribution >= 0.6 is 0 Å². The first kappa shape index (κ1) is 12.5. The summed E-state index contributed by atoms with van der Waals surface area (Å²) in [5, 5.41) is 14.0. The van der Waals surface area contributed by atoms with E-state index < -0.39 is 5.97 Å². The van der Waals surface area contributed by atoms with Crippen LogP contribution in [0.2, 0.25) is 0 Å². The number of rotatable bonds is 7. The lowest BCUT2D eigenvalue weighted by atomic mass is 10.0. The second-order valence-corrected chi connectivity index (χ2v) is 3.98. The second-order valence-electron chi connectivity index (χ2n) is 3.98. The number of carbonyl (C=O) groups excluding carboxylic acids is 1. The van der Waals surface area contributed by atoms with Crippen LogP contribution in [0.3, 0.4) is 0 Å². The van der Waals surface area contributed by atoms with Gasteiger partial charge in [0.25, 0.3) is 0 Å². The molecule has 90 valence electrons. The molecule has 1 rings (SSSR count). The fourth-order valence-corrected chi connectivity index (χ4v) is 1.84. The van der Waals surface area contributed by atoms with Crippen molar-refractivity contribution >= 4 is 12.0 Å². The zero-order valence-corrected chi connectivity index (χ0v) is 9.24.